The Kier molecular flexibility index (Phi) is 5.81. The van der Waals surface area contributed by atoms with Gasteiger partial charge in [-0.1, -0.05) is 48.0 Å². The highest BCUT2D eigenvalue weighted by molar-refractivity contribution is 6.31. The second-order valence-electron chi connectivity index (χ2n) is 7.08. The standard InChI is InChI=1S/C24H21ClFNO2/c25-21-8-3-2-7-20(21)23-10-5-15-27(23)24(28)17-11-13-19(14-12-17)29-16-18-6-1-4-9-22(18)26/h1-4,6-9,11-14,23H,5,10,15-16H2/t23-/m1/s1. The van der Waals surface area contributed by atoms with Gasteiger partial charge in [-0.05, 0) is 54.8 Å². The van der Waals surface area contributed by atoms with E-state index in [1.165, 1.54) is 6.07 Å². The third kappa shape index (κ3) is 4.28. The molecule has 0 N–H and O–H groups in total. The molecule has 1 heterocycles. The minimum absolute atomic E-state index is 0.00631. The molecule has 1 fully saturated rings. The Bertz CT molecular complexity index is 1010. The Morgan fingerprint density at radius 2 is 1.76 bits per heavy atom. The molecule has 3 aromatic carbocycles. The monoisotopic (exact) mass is 409 g/mol. The van der Waals surface area contributed by atoms with Crippen LogP contribution in [0.3, 0.4) is 0 Å². The Morgan fingerprint density at radius 1 is 1.03 bits per heavy atom. The van der Waals surface area contributed by atoms with Crippen LogP contribution < -0.4 is 4.74 Å². The minimum Gasteiger partial charge on any atom is -0.489 e. The van der Waals surface area contributed by atoms with E-state index in [2.05, 4.69) is 0 Å². The first-order valence-electron chi connectivity index (χ1n) is 9.65. The molecule has 29 heavy (non-hydrogen) atoms. The van der Waals surface area contributed by atoms with E-state index in [1.807, 2.05) is 29.2 Å². The summed E-state index contributed by atoms with van der Waals surface area (Å²) in [5, 5.41) is 0.689. The van der Waals surface area contributed by atoms with Crippen LogP contribution in [0.2, 0.25) is 5.02 Å². The van der Waals surface area contributed by atoms with E-state index in [1.54, 1.807) is 42.5 Å². The first-order valence-corrected chi connectivity index (χ1v) is 10.0. The molecule has 0 saturated carbocycles. The van der Waals surface area contributed by atoms with Crippen LogP contribution in [-0.4, -0.2) is 17.4 Å². The van der Waals surface area contributed by atoms with Gasteiger partial charge in [0.2, 0.25) is 0 Å². The van der Waals surface area contributed by atoms with Gasteiger partial charge in [-0.25, -0.2) is 4.39 Å². The summed E-state index contributed by atoms with van der Waals surface area (Å²) < 4.78 is 19.4. The van der Waals surface area contributed by atoms with Gasteiger partial charge < -0.3 is 9.64 Å². The number of carbonyl (C=O) groups is 1. The number of hydrogen-bond donors (Lipinski definition) is 0. The summed E-state index contributed by atoms with van der Waals surface area (Å²) in [5.74, 6) is 0.279. The maximum atomic E-state index is 13.7. The van der Waals surface area contributed by atoms with Gasteiger partial charge >= 0.3 is 0 Å². The number of likely N-dealkylation sites (tertiary alicyclic amines) is 1. The van der Waals surface area contributed by atoms with Gasteiger partial charge in [0.25, 0.3) is 5.91 Å². The van der Waals surface area contributed by atoms with Gasteiger partial charge in [-0.15, -0.1) is 0 Å². The molecule has 1 amide bonds. The van der Waals surface area contributed by atoms with Crippen LogP contribution >= 0.6 is 11.6 Å². The highest BCUT2D eigenvalue weighted by Crippen LogP contribution is 2.36. The van der Waals surface area contributed by atoms with Crippen LogP contribution in [0.15, 0.2) is 72.8 Å². The van der Waals surface area contributed by atoms with E-state index >= 15 is 0 Å². The molecule has 0 aliphatic carbocycles. The number of carbonyl (C=O) groups excluding carboxylic acids is 1. The smallest absolute Gasteiger partial charge is 0.254 e. The summed E-state index contributed by atoms with van der Waals surface area (Å²) in [6, 6.07) is 21.2. The Balaban J connectivity index is 1.45. The topological polar surface area (TPSA) is 29.5 Å². The van der Waals surface area contributed by atoms with E-state index < -0.39 is 0 Å². The third-order valence-electron chi connectivity index (χ3n) is 5.23. The first kappa shape index (κ1) is 19.5. The summed E-state index contributed by atoms with van der Waals surface area (Å²) >= 11 is 6.36. The fraction of sp³-hybridized carbons (Fsp3) is 0.208. The second-order valence-corrected chi connectivity index (χ2v) is 7.49. The summed E-state index contributed by atoms with van der Waals surface area (Å²) in [6.07, 6.45) is 1.85. The number of amides is 1. The Hall–Kier alpha value is -2.85. The zero-order valence-corrected chi connectivity index (χ0v) is 16.6. The van der Waals surface area contributed by atoms with Crippen molar-refractivity contribution in [2.45, 2.75) is 25.5 Å². The molecule has 0 spiro atoms. The van der Waals surface area contributed by atoms with Crippen molar-refractivity contribution in [1.29, 1.82) is 0 Å². The summed E-state index contributed by atoms with van der Waals surface area (Å²) in [7, 11) is 0. The molecule has 1 saturated heterocycles. The molecule has 148 valence electrons. The predicted molar refractivity (Wildman–Crippen MR) is 112 cm³/mol. The van der Waals surface area contributed by atoms with E-state index in [4.69, 9.17) is 16.3 Å². The number of halogens is 2. The van der Waals surface area contributed by atoms with E-state index in [-0.39, 0.29) is 24.4 Å². The Labute approximate surface area is 174 Å². The molecule has 5 heteroatoms. The highest BCUT2D eigenvalue weighted by Gasteiger charge is 2.31. The summed E-state index contributed by atoms with van der Waals surface area (Å²) in [4.78, 5) is 15.0. The van der Waals surface area contributed by atoms with Gasteiger partial charge in [0.15, 0.2) is 0 Å². The lowest BCUT2D eigenvalue weighted by Gasteiger charge is -2.26. The molecule has 0 unspecified atom stereocenters. The molecule has 0 radical (unpaired) electrons. The van der Waals surface area contributed by atoms with Crippen LogP contribution in [0.5, 0.6) is 5.75 Å². The molecule has 0 aromatic heterocycles. The van der Waals surface area contributed by atoms with Gasteiger partial charge in [-0.3, -0.25) is 4.79 Å². The molecule has 4 rings (SSSR count). The van der Waals surface area contributed by atoms with Crippen molar-refractivity contribution in [3.05, 3.63) is 100 Å². The largest absolute Gasteiger partial charge is 0.489 e. The third-order valence-corrected chi connectivity index (χ3v) is 5.58. The lowest BCUT2D eigenvalue weighted by atomic mass is 10.0. The summed E-state index contributed by atoms with van der Waals surface area (Å²) in [5.41, 5.74) is 2.08. The van der Waals surface area contributed by atoms with E-state index in [0.29, 0.717) is 28.4 Å². The average molecular weight is 410 g/mol. The van der Waals surface area contributed by atoms with Gasteiger partial charge in [0.1, 0.15) is 18.2 Å². The molecule has 3 nitrogen and oxygen atoms in total. The molecule has 0 bridgehead atoms. The van der Waals surface area contributed by atoms with Crippen molar-refractivity contribution in [3.63, 3.8) is 0 Å². The zero-order chi connectivity index (χ0) is 20.2. The van der Waals surface area contributed by atoms with E-state index in [0.717, 1.165) is 18.4 Å². The van der Waals surface area contributed by atoms with Crippen molar-refractivity contribution in [3.8, 4) is 5.75 Å². The maximum Gasteiger partial charge on any atom is 0.254 e. The molecule has 3 aromatic rings. The first-order chi connectivity index (χ1) is 14.1. The average Bonchev–Trinajstić information content (AvgIpc) is 3.23. The van der Waals surface area contributed by atoms with Crippen molar-refractivity contribution < 1.29 is 13.9 Å². The quantitative estimate of drug-likeness (QED) is 0.514. The Morgan fingerprint density at radius 3 is 2.52 bits per heavy atom. The van der Waals surface area contributed by atoms with Crippen molar-refractivity contribution in [1.82, 2.24) is 4.90 Å². The number of rotatable bonds is 5. The van der Waals surface area contributed by atoms with Crippen molar-refractivity contribution in [2.24, 2.45) is 0 Å². The SMILES string of the molecule is O=C(c1ccc(OCc2ccccc2F)cc1)N1CCC[C@@H]1c1ccccc1Cl. The predicted octanol–water partition coefficient (Wildman–Crippen LogP) is 6.04. The van der Waals surface area contributed by atoms with Crippen LogP contribution in [0.1, 0.15) is 40.4 Å². The number of ether oxygens (including phenoxy) is 1. The van der Waals surface area contributed by atoms with Crippen LogP contribution in [0.25, 0.3) is 0 Å². The fourth-order valence-electron chi connectivity index (χ4n) is 3.71. The van der Waals surface area contributed by atoms with Gasteiger partial charge in [0.05, 0.1) is 6.04 Å². The van der Waals surface area contributed by atoms with Crippen LogP contribution in [0, 0.1) is 5.82 Å². The van der Waals surface area contributed by atoms with Crippen LogP contribution in [-0.2, 0) is 6.61 Å². The normalized spacial score (nSPS) is 16.1. The second kappa shape index (κ2) is 8.66. The number of nitrogens with zero attached hydrogens (tertiary/aromatic N) is 1. The minimum atomic E-state index is -0.293. The van der Waals surface area contributed by atoms with Gasteiger partial charge in [0, 0.05) is 22.7 Å². The molecular weight excluding hydrogens is 389 g/mol. The van der Waals surface area contributed by atoms with Crippen LogP contribution in [0.4, 0.5) is 4.39 Å². The molecule has 1 aliphatic rings. The summed E-state index contributed by atoms with van der Waals surface area (Å²) in [6.45, 7) is 0.848. The highest BCUT2D eigenvalue weighted by atomic mass is 35.5. The maximum absolute atomic E-state index is 13.7. The zero-order valence-electron chi connectivity index (χ0n) is 15.9. The molecule has 1 aliphatic heterocycles. The van der Waals surface area contributed by atoms with Crippen molar-refractivity contribution >= 4 is 17.5 Å². The lowest BCUT2D eigenvalue weighted by molar-refractivity contribution is 0.0735. The van der Waals surface area contributed by atoms with Crippen molar-refractivity contribution in [2.75, 3.05) is 6.54 Å². The number of hydrogen-bond acceptors (Lipinski definition) is 2. The lowest BCUT2D eigenvalue weighted by Crippen LogP contribution is -2.30. The molecular formula is C24H21ClFNO2. The van der Waals surface area contributed by atoms with E-state index in [9.17, 15) is 9.18 Å². The fourth-order valence-corrected chi connectivity index (χ4v) is 3.98. The van der Waals surface area contributed by atoms with Gasteiger partial charge in [-0.2, -0.15) is 0 Å². The number of benzene rings is 3. The molecule has 1 atom stereocenters.